The first-order valence-corrected chi connectivity index (χ1v) is 6.59. The molecule has 20 heavy (non-hydrogen) atoms. The summed E-state index contributed by atoms with van der Waals surface area (Å²) in [6, 6.07) is 3.73. The van der Waals surface area contributed by atoms with Gasteiger partial charge >= 0.3 is 0 Å². The SMILES string of the molecule is CNC(=O)C1CCCN(C(=O)c2ccc(F)cc2N)C1. The van der Waals surface area contributed by atoms with Gasteiger partial charge in [0.25, 0.3) is 5.91 Å². The van der Waals surface area contributed by atoms with Gasteiger partial charge in [-0.1, -0.05) is 0 Å². The monoisotopic (exact) mass is 279 g/mol. The first-order valence-electron chi connectivity index (χ1n) is 6.59. The smallest absolute Gasteiger partial charge is 0.255 e. The minimum atomic E-state index is -0.471. The van der Waals surface area contributed by atoms with Gasteiger partial charge in [0.15, 0.2) is 0 Å². The Morgan fingerprint density at radius 3 is 2.85 bits per heavy atom. The van der Waals surface area contributed by atoms with Crippen molar-refractivity contribution in [1.82, 2.24) is 10.2 Å². The molecule has 1 unspecified atom stereocenters. The van der Waals surface area contributed by atoms with Crippen molar-refractivity contribution in [2.24, 2.45) is 5.92 Å². The highest BCUT2D eigenvalue weighted by Gasteiger charge is 2.29. The molecular formula is C14H18FN3O2. The lowest BCUT2D eigenvalue weighted by Crippen LogP contribution is -2.45. The molecule has 1 atom stereocenters. The zero-order valence-corrected chi connectivity index (χ0v) is 11.4. The zero-order valence-electron chi connectivity index (χ0n) is 11.4. The van der Waals surface area contributed by atoms with Crippen LogP contribution in [0.15, 0.2) is 18.2 Å². The van der Waals surface area contributed by atoms with Gasteiger partial charge in [0, 0.05) is 25.8 Å². The van der Waals surface area contributed by atoms with E-state index >= 15 is 0 Å². The molecule has 0 radical (unpaired) electrons. The van der Waals surface area contributed by atoms with Crippen molar-refractivity contribution >= 4 is 17.5 Å². The van der Waals surface area contributed by atoms with Crippen LogP contribution in [0.25, 0.3) is 0 Å². The van der Waals surface area contributed by atoms with Crippen LogP contribution < -0.4 is 11.1 Å². The minimum absolute atomic E-state index is 0.0606. The van der Waals surface area contributed by atoms with Crippen LogP contribution in [0.5, 0.6) is 0 Å². The second kappa shape index (κ2) is 5.90. The van der Waals surface area contributed by atoms with E-state index in [4.69, 9.17) is 5.73 Å². The maximum absolute atomic E-state index is 13.0. The van der Waals surface area contributed by atoms with E-state index in [0.717, 1.165) is 18.9 Å². The van der Waals surface area contributed by atoms with Gasteiger partial charge in [-0.05, 0) is 31.0 Å². The number of nitrogens with one attached hydrogen (secondary N) is 1. The number of likely N-dealkylation sites (tertiary alicyclic amines) is 1. The second-order valence-corrected chi connectivity index (χ2v) is 4.94. The van der Waals surface area contributed by atoms with E-state index in [1.807, 2.05) is 0 Å². The fourth-order valence-corrected chi connectivity index (χ4v) is 2.48. The number of nitrogens with zero attached hydrogens (tertiary/aromatic N) is 1. The number of carbonyl (C=O) groups is 2. The summed E-state index contributed by atoms with van der Waals surface area (Å²) >= 11 is 0. The summed E-state index contributed by atoms with van der Waals surface area (Å²) in [6.07, 6.45) is 1.53. The maximum atomic E-state index is 13.0. The second-order valence-electron chi connectivity index (χ2n) is 4.94. The molecule has 1 fully saturated rings. The Hall–Kier alpha value is -2.11. The van der Waals surface area contributed by atoms with Crippen LogP contribution in [0, 0.1) is 11.7 Å². The van der Waals surface area contributed by atoms with Gasteiger partial charge in [-0.2, -0.15) is 0 Å². The largest absolute Gasteiger partial charge is 0.398 e. The summed E-state index contributed by atoms with van der Waals surface area (Å²) in [7, 11) is 1.58. The highest BCUT2D eigenvalue weighted by atomic mass is 19.1. The third-order valence-corrected chi connectivity index (χ3v) is 3.57. The molecule has 3 N–H and O–H groups in total. The molecule has 108 valence electrons. The summed E-state index contributed by atoms with van der Waals surface area (Å²) in [4.78, 5) is 25.6. The van der Waals surface area contributed by atoms with Gasteiger partial charge in [-0.25, -0.2) is 4.39 Å². The van der Waals surface area contributed by atoms with E-state index in [2.05, 4.69) is 5.32 Å². The molecule has 1 aliphatic rings. The minimum Gasteiger partial charge on any atom is -0.398 e. The van der Waals surface area contributed by atoms with Crippen molar-refractivity contribution in [2.45, 2.75) is 12.8 Å². The Labute approximate surface area is 116 Å². The first kappa shape index (κ1) is 14.3. The fraction of sp³-hybridized carbons (Fsp3) is 0.429. The topological polar surface area (TPSA) is 75.4 Å². The number of nitrogen functional groups attached to an aromatic ring is 1. The summed E-state index contributed by atoms with van der Waals surface area (Å²) in [5.41, 5.74) is 6.09. The number of piperidine rings is 1. The number of benzene rings is 1. The van der Waals surface area contributed by atoms with E-state index in [9.17, 15) is 14.0 Å². The van der Waals surface area contributed by atoms with Crippen LogP contribution in [0.1, 0.15) is 23.2 Å². The molecule has 1 aromatic rings. The van der Waals surface area contributed by atoms with Crippen LogP contribution in [0.2, 0.25) is 0 Å². The Bertz CT molecular complexity index is 533. The lowest BCUT2D eigenvalue weighted by atomic mass is 9.96. The molecule has 2 amide bonds. The van der Waals surface area contributed by atoms with E-state index in [-0.39, 0.29) is 29.0 Å². The number of amides is 2. The zero-order chi connectivity index (χ0) is 14.7. The number of nitrogens with two attached hydrogens (primary N) is 1. The third-order valence-electron chi connectivity index (χ3n) is 3.57. The van der Waals surface area contributed by atoms with E-state index < -0.39 is 5.82 Å². The summed E-state index contributed by atoms with van der Waals surface area (Å²) in [5.74, 6) is -0.981. The van der Waals surface area contributed by atoms with Gasteiger partial charge < -0.3 is 16.0 Å². The average molecular weight is 279 g/mol. The molecule has 1 aliphatic heterocycles. The highest BCUT2D eigenvalue weighted by Crippen LogP contribution is 2.21. The molecular weight excluding hydrogens is 261 g/mol. The molecule has 5 nitrogen and oxygen atoms in total. The van der Waals surface area contributed by atoms with Crippen molar-refractivity contribution in [3.05, 3.63) is 29.6 Å². The lowest BCUT2D eigenvalue weighted by molar-refractivity contribution is -0.125. The number of carbonyl (C=O) groups excluding carboxylic acids is 2. The molecule has 2 rings (SSSR count). The van der Waals surface area contributed by atoms with Crippen LogP contribution in [0.4, 0.5) is 10.1 Å². The molecule has 1 heterocycles. The Morgan fingerprint density at radius 1 is 1.45 bits per heavy atom. The van der Waals surface area contributed by atoms with Gasteiger partial charge in [0.05, 0.1) is 11.5 Å². The number of rotatable bonds is 2. The molecule has 1 saturated heterocycles. The molecule has 0 saturated carbocycles. The Balaban J connectivity index is 2.14. The molecule has 6 heteroatoms. The Kier molecular flexibility index (Phi) is 4.22. The molecule has 0 aromatic heterocycles. The average Bonchev–Trinajstić information content (AvgIpc) is 2.46. The molecule has 0 spiro atoms. The van der Waals surface area contributed by atoms with E-state index in [1.165, 1.54) is 12.1 Å². The lowest BCUT2D eigenvalue weighted by Gasteiger charge is -2.32. The van der Waals surface area contributed by atoms with Crippen LogP contribution in [-0.2, 0) is 4.79 Å². The van der Waals surface area contributed by atoms with E-state index in [0.29, 0.717) is 13.1 Å². The summed E-state index contributed by atoms with van der Waals surface area (Å²) < 4.78 is 13.0. The first-order chi connectivity index (χ1) is 9.52. The standard InChI is InChI=1S/C14H18FN3O2/c1-17-13(19)9-3-2-6-18(8-9)14(20)11-5-4-10(15)7-12(11)16/h4-5,7,9H,2-3,6,8,16H2,1H3,(H,17,19). The number of hydrogen-bond donors (Lipinski definition) is 2. The normalized spacial score (nSPS) is 18.7. The van der Waals surface area contributed by atoms with Crippen molar-refractivity contribution in [3.63, 3.8) is 0 Å². The van der Waals surface area contributed by atoms with Gasteiger partial charge in [0.1, 0.15) is 5.82 Å². The predicted molar refractivity (Wildman–Crippen MR) is 73.5 cm³/mol. The number of anilines is 1. The quantitative estimate of drug-likeness (QED) is 0.793. The highest BCUT2D eigenvalue weighted by molar-refractivity contribution is 5.99. The molecule has 0 bridgehead atoms. The summed E-state index contributed by atoms with van der Waals surface area (Å²) in [6.45, 7) is 0.957. The Morgan fingerprint density at radius 2 is 2.20 bits per heavy atom. The molecule has 1 aromatic carbocycles. The third kappa shape index (κ3) is 2.89. The number of halogens is 1. The van der Waals surface area contributed by atoms with Gasteiger partial charge in [-0.3, -0.25) is 9.59 Å². The van der Waals surface area contributed by atoms with Crippen LogP contribution >= 0.6 is 0 Å². The van der Waals surface area contributed by atoms with E-state index in [1.54, 1.807) is 11.9 Å². The fourth-order valence-electron chi connectivity index (χ4n) is 2.48. The van der Waals surface area contributed by atoms with Crippen LogP contribution in [-0.4, -0.2) is 36.9 Å². The van der Waals surface area contributed by atoms with Gasteiger partial charge in [-0.15, -0.1) is 0 Å². The molecule has 0 aliphatic carbocycles. The van der Waals surface area contributed by atoms with Crippen molar-refractivity contribution < 1.29 is 14.0 Å². The predicted octanol–water partition coefficient (Wildman–Crippen LogP) is 1.01. The maximum Gasteiger partial charge on any atom is 0.255 e. The number of hydrogen-bond acceptors (Lipinski definition) is 3. The van der Waals surface area contributed by atoms with Crippen LogP contribution in [0.3, 0.4) is 0 Å². The van der Waals surface area contributed by atoms with Crippen molar-refractivity contribution in [2.75, 3.05) is 25.9 Å². The summed E-state index contributed by atoms with van der Waals surface area (Å²) in [5, 5.41) is 2.60. The van der Waals surface area contributed by atoms with Crippen molar-refractivity contribution in [3.8, 4) is 0 Å². The van der Waals surface area contributed by atoms with Crippen molar-refractivity contribution in [1.29, 1.82) is 0 Å². The van der Waals surface area contributed by atoms with Gasteiger partial charge in [0.2, 0.25) is 5.91 Å².